The Bertz CT molecular complexity index is 774. The van der Waals surface area contributed by atoms with Crippen molar-refractivity contribution in [3.63, 3.8) is 0 Å². The van der Waals surface area contributed by atoms with Crippen molar-refractivity contribution in [1.29, 1.82) is 0 Å². The van der Waals surface area contributed by atoms with Gasteiger partial charge >= 0.3 is 0 Å². The summed E-state index contributed by atoms with van der Waals surface area (Å²) in [7, 11) is 0. The smallest absolute Gasteiger partial charge is 0.159 e. The maximum atomic E-state index is 13.1. The minimum Gasteiger partial charge on any atom is -0.300 e. The Kier molecular flexibility index (Phi) is 5.69. The summed E-state index contributed by atoms with van der Waals surface area (Å²) < 4.78 is 0. The predicted molar refractivity (Wildman–Crippen MR) is 123 cm³/mol. The Hall–Kier alpha value is -1.18. The zero-order valence-electron chi connectivity index (χ0n) is 20.0. The molecule has 3 fully saturated rings. The van der Waals surface area contributed by atoms with E-state index in [0.717, 1.165) is 6.42 Å². The normalized spacial score (nSPS) is 43.2. The van der Waals surface area contributed by atoms with Crippen molar-refractivity contribution in [2.24, 2.45) is 52.3 Å². The van der Waals surface area contributed by atoms with Gasteiger partial charge in [-0.05, 0) is 84.5 Å². The van der Waals surface area contributed by atoms with Gasteiger partial charge in [-0.15, -0.1) is 0 Å². The molecular formula is C28H42O2. The molecule has 0 aromatic heterocycles. The SMILES string of the molecule is CC(C)[C@@H](C)C=C[C@@H](C)[C@H]1CC[C@H]2C3=CC(=O)[C@H]4CC(=O)CC[C@]4(C)[C@H]3CC[C@]12C. The van der Waals surface area contributed by atoms with Crippen LogP contribution in [0.15, 0.2) is 23.8 Å². The second-order valence-electron chi connectivity index (χ2n) is 12.0. The lowest BCUT2D eigenvalue weighted by Crippen LogP contribution is -2.52. The number of fused-ring (bicyclic) bond motifs is 5. The molecule has 0 radical (unpaired) electrons. The van der Waals surface area contributed by atoms with E-state index >= 15 is 0 Å². The molecule has 2 heteroatoms. The first-order valence-corrected chi connectivity index (χ1v) is 12.5. The van der Waals surface area contributed by atoms with Crippen LogP contribution in [0.5, 0.6) is 0 Å². The molecular weight excluding hydrogens is 368 g/mol. The molecule has 0 N–H and O–H groups in total. The van der Waals surface area contributed by atoms with E-state index in [-0.39, 0.29) is 17.1 Å². The number of Topliss-reactive ketones (excluding diaryl/α,β-unsaturated/α-hetero) is 1. The Morgan fingerprint density at radius 1 is 0.900 bits per heavy atom. The first-order chi connectivity index (χ1) is 14.1. The summed E-state index contributed by atoms with van der Waals surface area (Å²) >= 11 is 0. The molecule has 0 aromatic rings. The van der Waals surface area contributed by atoms with Crippen LogP contribution in [0.25, 0.3) is 0 Å². The van der Waals surface area contributed by atoms with E-state index in [9.17, 15) is 9.59 Å². The van der Waals surface area contributed by atoms with Crippen LogP contribution < -0.4 is 0 Å². The summed E-state index contributed by atoms with van der Waals surface area (Å²) in [5, 5.41) is 0. The summed E-state index contributed by atoms with van der Waals surface area (Å²) in [5.74, 6) is 4.15. The average Bonchev–Trinajstić information content (AvgIpc) is 3.04. The summed E-state index contributed by atoms with van der Waals surface area (Å²) in [6.45, 7) is 14.2. The van der Waals surface area contributed by atoms with E-state index in [0.29, 0.717) is 59.5 Å². The first kappa shape index (κ1) is 22.0. The summed E-state index contributed by atoms with van der Waals surface area (Å²) in [4.78, 5) is 25.2. The van der Waals surface area contributed by atoms with Crippen LogP contribution >= 0.6 is 0 Å². The van der Waals surface area contributed by atoms with Gasteiger partial charge in [-0.2, -0.15) is 0 Å². The highest BCUT2D eigenvalue weighted by Gasteiger charge is 2.59. The number of carbonyl (C=O) groups is 2. The van der Waals surface area contributed by atoms with E-state index in [1.807, 2.05) is 6.08 Å². The molecule has 8 atom stereocenters. The largest absolute Gasteiger partial charge is 0.300 e. The number of rotatable bonds is 4. The minimum atomic E-state index is -0.0616. The maximum Gasteiger partial charge on any atom is 0.159 e. The van der Waals surface area contributed by atoms with Crippen LogP contribution in [0.1, 0.15) is 86.5 Å². The van der Waals surface area contributed by atoms with Gasteiger partial charge in [0.25, 0.3) is 0 Å². The lowest BCUT2D eigenvalue weighted by atomic mass is 9.47. The quantitative estimate of drug-likeness (QED) is 0.478. The highest BCUT2D eigenvalue weighted by atomic mass is 16.1. The molecule has 0 heterocycles. The molecule has 4 aliphatic rings. The third-order valence-corrected chi connectivity index (χ3v) is 10.2. The first-order valence-electron chi connectivity index (χ1n) is 12.5. The molecule has 0 unspecified atom stereocenters. The second-order valence-corrected chi connectivity index (χ2v) is 12.0. The van der Waals surface area contributed by atoms with Crippen molar-refractivity contribution in [1.82, 2.24) is 0 Å². The topological polar surface area (TPSA) is 34.1 Å². The average molecular weight is 411 g/mol. The number of carbonyl (C=O) groups excluding carboxylic acids is 2. The van der Waals surface area contributed by atoms with Gasteiger partial charge in [-0.3, -0.25) is 9.59 Å². The second kappa shape index (κ2) is 7.75. The Labute approximate surface area is 184 Å². The van der Waals surface area contributed by atoms with E-state index in [2.05, 4.69) is 53.7 Å². The van der Waals surface area contributed by atoms with Crippen LogP contribution in [0.2, 0.25) is 0 Å². The lowest BCUT2D eigenvalue weighted by molar-refractivity contribution is -0.138. The van der Waals surface area contributed by atoms with Crippen molar-refractivity contribution in [3.05, 3.63) is 23.8 Å². The molecule has 166 valence electrons. The molecule has 0 aromatic carbocycles. The van der Waals surface area contributed by atoms with E-state index in [1.165, 1.54) is 31.3 Å². The molecule has 4 aliphatic carbocycles. The third kappa shape index (κ3) is 3.37. The fourth-order valence-corrected chi connectivity index (χ4v) is 7.77. The summed E-state index contributed by atoms with van der Waals surface area (Å²) in [6.07, 6.45) is 14.0. The molecule has 0 aliphatic heterocycles. The van der Waals surface area contributed by atoms with Gasteiger partial charge in [-0.25, -0.2) is 0 Å². The Morgan fingerprint density at radius 3 is 2.30 bits per heavy atom. The third-order valence-electron chi connectivity index (χ3n) is 10.2. The van der Waals surface area contributed by atoms with Crippen LogP contribution in [0, 0.1) is 52.3 Å². The molecule has 0 spiro atoms. The van der Waals surface area contributed by atoms with Crippen LogP contribution in [-0.2, 0) is 9.59 Å². The zero-order valence-corrected chi connectivity index (χ0v) is 20.0. The van der Waals surface area contributed by atoms with Crippen LogP contribution in [0.4, 0.5) is 0 Å². The molecule has 30 heavy (non-hydrogen) atoms. The van der Waals surface area contributed by atoms with Gasteiger partial charge in [0.1, 0.15) is 5.78 Å². The van der Waals surface area contributed by atoms with E-state index in [4.69, 9.17) is 0 Å². The fraction of sp³-hybridized carbons (Fsp3) is 0.786. The van der Waals surface area contributed by atoms with Crippen molar-refractivity contribution in [2.75, 3.05) is 0 Å². The summed E-state index contributed by atoms with van der Waals surface area (Å²) in [6, 6.07) is 0. The number of hydrogen-bond donors (Lipinski definition) is 0. The number of ketones is 2. The minimum absolute atomic E-state index is 0.00666. The van der Waals surface area contributed by atoms with Gasteiger partial charge in [0, 0.05) is 18.8 Å². The van der Waals surface area contributed by atoms with Gasteiger partial charge in [0.05, 0.1) is 0 Å². The number of allylic oxidation sites excluding steroid dienone is 4. The van der Waals surface area contributed by atoms with Crippen LogP contribution in [-0.4, -0.2) is 11.6 Å². The predicted octanol–water partition coefficient (Wildman–Crippen LogP) is 6.80. The standard InChI is InChI=1S/C28H42O2/c1-17(2)18(3)7-8-19(4)22-9-10-23-21-16-26(30)25-15-20(29)11-13-28(25,6)24(21)12-14-27(22,23)5/h7-8,16-19,22-25H,9-15H2,1-6H3/t18-,19+,22+,23-,24-,25+,27+,28+/m0/s1. The highest BCUT2D eigenvalue weighted by molar-refractivity contribution is 5.98. The van der Waals surface area contributed by atoms with Crippen molar-refractivity contribution >= 4 is 11.6 Å². The van der Waals surface area contributed by atoms with Gasteiger partial charge < -0.3 is 0 Å². The zero-order chi connectivity index (χ0) is 21.8. The molecule has 3 saturated carbocycles. The highest BCUT2D eigenvalue weighted by Crippen LogP contribution is 2.66. The maximum absolute atomic E-state index is 13.1. The monoisotopic (exact) mass is 410 g/mol. The van der Waals surface area contributed by atoms with Crippen LogP contribution in [0.3, 0.4) is 0 Å². The molecule has 0 saturated heterocycles. The Morgan fingerprint density at radius 2 is 1.60 bits per heavy atom. The van der Waals surface area contributed by atoms with Crippen molar-refractivity contribution in [2.45, 2.75) is 86.5 Å². The molecule has 4 rings (SSSR count). The van der Waals surface area contributed by atoms with Crippen molar-refractivity contribution in [3.8, 4) is 0 Å². The fourth-order valence-electron chi connectivity index (χ4n) is 7.77. The lowest BCUT2D eigenvalue weighted by Gasteiger charge is -2.56. The van der Waals surface area contributed by atoms with E-state index in [1.54, 1.807) is 0 Å². The molecule has 2 nitrogen and oxygen atoms in total. The van der Waals surface area contributed by atoms with Gasteiger partial charge in [0.2, 0.25) is 0 Å². The van der Waals surface area contributed by atoms with E-state index < -0.39 is 0 Å². The Balaban J connectivity index is 1.59. The summed E-state index contributed by atoms with van der Waals surface area (Å²) in [5.41, 5.74) is 1.78. The van der Waals surface area contributed by atoms with Gasteiger partial charge in [0.15, 0.2) is 5.78 Å². The van der Waals surface area contributed by atoms with Gasteiger partial charge in [-0.1, -0.05) is 59.3 Å². The molecule has 0 bridgehead atoms. The number of hydrogen-bond acceptors (Lipinski definition) is 2. The molecule has 0 amide bonds. The van der Waals surface area contributed by atoms with Crippen molar-refractivity contribution < 1.29 is 9.59 Å².